The summed E-state index contributed by atoms with van der Waals surface area (Å²) in [4.78, 5) is 7.37. The number of rotatable bonds is 4. The molecule has 0 aliphatic rings. The van der Waals surface area contributed by atoms with Gasteiger partial charge >= 0.3 is 0 Å². The molecule has 0 unspecified atom stereocenters. The smallest absolute Gasteiger partial charge is 0.188 e. The molecule has 2 heterocycles. The van der Waals surface area contributed by atoms with E-state index in [2.05, 4.69) is 73.4 Å². The van der Waals surface area contributed by atoms with Crippen LogP contribution in [0.3, 0.4) is 0 Å². The van der Waals surface area contributed by atoms with Gasteiger partial charge in [0.2, 0.25) is 0 Å². The zero-order valence-electron chi connectivity index (χ0n) is 27.5. The average molecular weight is 661 g/mol. The lowest BCUT2D eigenvalue weighted by atomic mass is 9.94. The fraction of sp³-hybridized carbons (Fsp3) is 0. The van der Waals surface area contributed by atoms with Crippen molar-refractivity contribution in [1.29, 1.82) is 10.5 Å². The van der Waals surface area contributed by atoms with E-state index >= 15 is 0 Å². The van der Waals surface area contributed by atoms with Gasteiger partial charge in [-0.2, -0.15) is 10.5 Å². The van der Waals surface area contributed by atoms with Gasteiger partial charge in [-0.15, -0.1) is 0 Å². The van der Waals surface area contributed by atoms with E-state index in [1.165, 1.54) is 0 Å². The molecule has 0 aliphatic heterocycles. The second kappa shape index (κ2) is 11.9. The van der Waals surface area contributed by atoms with E-state index in [1.807, 2.05) is 103 Å². The van der Waals surface area contributed by atoms with Gasteiger partial charge in [-0.05, 0) is 100 Å². The molecule has 6 heteroatoms. The molecule has 52 heavy (non-hydrogen) atoms. The number of nitriles is 2. The van der Waals surface area contributed by atoms with Crippen molar-refractivity contribution in [3.8, 4) is 45.8 Å². The Morgan fingerprint density at radius 2 is 1.04 bits per heavy atom. The molecule has 0 fully saturated rings. The lowest BCUT2D eigenvalue weighted by Crippen LogP contribution is -2.00. The summed E-state index contributed by atoms with van der Waals surface area (Å²) in [5.74, 6) is 0. The maximum Gasteiger partial charge on any atom is 0.188 e. The number of para-hydroxylation sites is 2. The average Bonchev–Trinajstić information content (AvgIpc) is 3.72. The predicted molar refractivity (Wildman–Crippen MR) is 208 cm³/mol. The highest BCUT2D eigenvalue weighted by molar-refractivity contribution is 6.12. The van der Waals surface area contributed by atoms with Crippen LogP contribution in [0.4, 0.5) is 11.4 Å². The molecule has 0 amide bonds. The first-order chi connectivity index (χ1) is 25.6. The van der Waals surface area contributed by atoms with Crippen molar-refractivity contribution in [2.24, 2.45) is 0 Å². The van der Waals surface area contributed by atoms with Crippen molar-refractivity contribution in [3.05, 3.63) is 180 Å². The second-order valence-corrected chi connectivity index (χ2v) is 12.6. The summed E-state index contributed by atoms with van der Waals surface area (Å²) in [5.41, 5.74) is 11.1. The zero-order valence-corrected chi connectivity index (χ0v) is 27.5. The van der Waals surface area contributed by atoms with Gasteiger partial charge in [-0.3, -0.25) is 0 Å². The molecule has 6 nitrogen and oxygen atoms in total. The molecule has 7 aromatic carbocycles. The topological polar surface area (TPSA) is 66.2 Å². The standard InChI is InChI=1S/C46H24N6/c1-49-33-18-20-45-39(25-33)40-26-34(50-2)19-21-46(40)51(45)35-23-31(30-16-14-29(27-47)15-17-30)22-32(24-35)36-10-7-13-44(41(36)28-48)52-42-11-5-3-8-37(42)38-9-4-6-12-43(38)52/h3-26H. The second-order valence-electron chi connectivity index (χ2n) is 12.6. The van der Waals surface area contributed by atoms with Crippen molar-refractivity contribution in [3.63, 3.8) is 0 Å². The first kappa shape index (κ1) is 30.2. The monoisotopic (exact) mass is 660 g/mol. The molecule has 238 valence electrons. The highest BCUT2D eigenvalue weighted by Crippen LogP contribution is 2.41. The normalized spacial score (nSPS) is 11.0. The summed E-state index contributed by atoms with van der Waals surface area (Å²) in [6.45, 7) is 15.3. The van der Waals surface area contributed by atoms with Crippen LogP contribution in [0, 0.1) is 35.8 Å². The molecule has 0 saturated carbocycles. The van der Waals surface area contributed by atoms with Crippen LogP contribution in [-0.4, -0.2) is 9.13 Å². The van der Waals surface area contributed by atoms with Crippen molar-refractivity contribution in [2.75, 3.05) is 0 Å². The van der Waals surface area contributed by atoms with E-state index < -0.39 is 0 Å². The third-order valence-electron chi connectivity index (χ3n) is 9.80. The Hall–Kier alpha value is -7.90. The molecular weight excluding hydrogens is 637 g/mol. The summed E-state index contributed by atoms with van der Waals surface area (Å²) in [7, 11) is 0. The lowest BCUT2D eigenvalue weighted by molar-refractivity contribution is 1.16. The van der Waals surface area contributed by atoms with Gasteiger partial charge in [-0.25, -0.2) is 9.69 Å². The van der Waals surface area contributed by atoms with Crippen LogP contribution in [0.25, 0.3) is 86.9 Å². The number of benzene rings is 7. The van der Waals surface area contributed by atoms with Crippen molar-refractivity contribution in [1.82, 2.24) is 9.13 Å². The maximum atomic E-state index is 10.9. The fourth-order valence-electron chi connectivity index (χ4n) is 7.48. The Labute approximate surface area is 299 Å². The number of hydrogen-bond acceptors (Lipinski definition) is 2. The highest BCUT2D eigenvalue weighted by atomic mass is 15.0. The van der Waals surface area contributed by atoms with Gasteiger partial charge in [0.1, 0.15) is 6.07 Å². The quantitative estimate of drug-likeness (QED) is 0.176. The van der Waals surface area contributed by atoms with E-state index in [1.54, 1.807) is 0 Å². The predicted octanol–water partition coefficient (Wildman–Crippen LogP) is 12.1. The largest absolute Gasteiger partial charge is 0.309 e. The van der Waals surface area contributed by atoms with Gasteiger partial charge in [-0.1, -0.05) is 72.8 Å². The van der Waals surface area contributed by atoms with Crippen LogP contribution < -0.4 is 0 Å². The first-order valence-electron chi connectivity index (χ1n) is 16.6. The van der Waals surface area contributed by atoms with Crippen LogP contribution in [0.5, 0.6) is 0 Å². The van der Waals surface area contributed by atoms with Crippen LogP contribution in [0.2, 0.25) is 0 Å². The molecular formula is C46H24N6. The third-order valence-corrected chi connectivity index (χ3v) is 9.80. The van der Waals surface area contributed by atoms with Crippen LogP contribution in [0.15, 0.2) is 146 Å². The minimum atomic E-state index is 0.521. The summed E-state index contributed by atoms with van der Waals surface area (Å²) in [5, 5.41) is 24.4. The van der Waals surface area contributed by atoms with Gasteiger partial charge in [0.25, 0.3) is 0 Å². The van der Waals surface area contributed by atoms with E-state index in [4.69, 9.17) is 13.1 Å². The number of fused-ring (bicyclic) bond motifs is 6. The lowest BCUT2D eigenvalue weighted by Gasteiger charge is -2.17. The Balaban J connectivity index is 1.35. The zero-order chi connectivity index (χ0) is 35.3. The Bertz CT molecular complexity index is 2990. The highest BCUT2D eigenvalue weighted by Gasteiger charge is 2.20. The molecule has 9 aromatic rings. The van der Waals surface area contributed by atoms with E-state index in [0.717, 1.165) is 77.2 Å². The molecule has 9 rings (SSSR count). The van der Waals surface area contributed by atoms with Crippen LogP contribution >= 0.6 is 0 Å². The summed E-state index contributed by atoms with van der Waals surface area (Å²) >= 11 is 0. The summed E-state index contributed by atoms with van der Waals surface area (Å²) < 4.78 is 4.33. The number of nitrogens with zero attached hydrogens (tertiary/aromatic N) is 6. The molecule has 2 aromatic heterocycles. The van der Waals surface area contributed by atoms with Crippen molar-refractivity contribution >= 4 is 55.0 Å². The Morgan fingerprint density at radius 1 is 0.462 bits per heavy atom. The van der Waals surface area contributed by atoms with Gasteiger partial charge in [0.15, 0.2) is 11.4 Å². The molecule has 0 bridgehead atoms. The van der Waals surface area contributed by atoms with E-state index in [9.17, 15) is 10.5 Å². The Morgan fingerprint density at radius 3 is 1.62 bits per heavy atom. The minimum Gasteiger partial charge on any atom is -0.309 e. The molecule has 0 radical (unpaired) electrons. The number of hydrogen-bond donors (Lipinski definition) is 0. The fourth-order valence-corrected chi connectivity index (χ4v) is 7.48. The third kappa shape index (κ3) is 4.62. The Kier molecular flexibility index (Phi) is 6.91. The van der Waals surface area contributed by atoms with Gasteiger partial charge in [0.05, 0.1) is 58.1 Å². The molecule has 0 N–H and O–H groups in total. The van der Waals surface area contributed by atoms with Crippen LogP contribution in [0.1, 0.15) is 11.1 Å². The van der Waals surface area contributed by atoms with Gasteiger partial charge in [0, 0.05) is 22.0 Å². The summed E-state index contributed by atoms with van der Waals surface area (Å²) in [6.07, 6.45) is 0. The minimum absolute atomic E-state index is 0.521. The van der Waals surface area contributed by atoms with Crippen molar-refractivity contribution in [2.45, 2.75) is 0 Å². The maximum absolute atomic E-state index is 10.9. The first-order valence-corrected chi connectivity index (χ1v) is 16.6. The molecule has 0 atom stereocenters. The van der Waals surface area contributed by atoms with E-state index in [0.29, 0.717) is 22.5 Å². The molecule has 0 aliphatic carbocycles. The van der Waals surface area contributed by atoms with Gasteiger partial charge < -0.3 is 9.13 Å². The van der Waals surface area contributed by atoms with E-state index in [-0.39, 0.29) is 0 Å². The SMILES string of the molecule is [C-]#[N+]c1ccc2c(c1)c1cc([N+]#[C-])ccc1n2-c1cc(-c2ccc(C#N)cc2)cc(-c2cccc(-n3c4ccccc4c4ccccc43)c2C#N)c1. The van der Waals surface area contributed by atoms with Crippen molar-refractivity contribution < 1.29 is 0 Å². The number of aromatic nitrogens is 2. The molecule has 0 spiro atoms. The molecule has 0 saturated heterocycles. The summed E-state index contributed by atoms with van der Waals surface area (Å²) in [6, 6.07) is 52.4. The van der Waals surface area contributed by atoms with Crippen LogP contribution in [-0.2, 0) is 0 Å².